The number of rotatable bonds is 3. The van der Waals surface area contributed by atoms with Crippen LogP contribution in [0.5, 0.6) is 0 Å². The zero-order valence-corrected chi connectivity index (χ0v) is 12.3. The molecule has 1 saturated heterocycles. The number of aromatic nitrogens is 1. The number of pyridine rings is 1. The maximum absolute atomic E-state index is 12.2. The molecule has 1 amide bonds. The molecule has 0 aliphatic carbocycles. The van der Waals surface area contributed by atoms with E-state index in [1.807, 2.05) is 31.9 Å². The summed E-state index contributed by atoms with van der Waals surface area (Å²) in [6.07, 6.45) is 2.17. The Bertz CT molecular complexity index is 556. The zero-order chi connectivity index (χ0) is 14.7. The van der Waals surface area contributed by atoms with Gasteiger partial charge in [-0.05, 0) is 38.3 Å². The summed E-state index contributed by atoms with van der Waals surface area (Å²) in [5.74, 6) is 0.701. The molecule has 0 bridgehead atoms. The second-order valence-electron chi connectivity index (χ2n) is 5.33. The van der Waals surface area contributed by atoms with Crippen molar-refractivity contribution in [3.05, 3.63) is 22.9 Å². The van der Waals surface area contributed by atoms with E-state index >= 15 is 0 Å². The number of nitriles is 1. The minimum absolute atomic E-state index is 0.106. The van der Waals surface area contributed by atoms with Gasteiger partial charge < -0.3 is 9.80 Å². The van der Waals surface area contributed by atoms with Crippen LogP contribution in [-0.2, 0) is 4.79 Å². The number of carbonyl (C=O) groups is 1. The molecule has 0 atom stereocenters. The molecule has 1 aliphatic heterocycles. The van der Waals surface area contributed by atoms with Gasteiger partial charge in [-0.2, -0.15) is 5.26 Å². The van der Waals surface area contributed by atoms with Crippen LogP contribution in [0.25, 0.3) is 0 Å². The van der Waals surface area contributed by atoms with Crippen molar-refractivity contribution in [3.8, 4) is 6.07 Å². The third-order valence-corrected chi connectivity index (χ3v) is 3.63. The van der Waals surface area contributed by atoms with Crippen LogP contribution in [0.1, 0.15) is 29.7 Å². The first kappa shape index (κ1) is 14.3. The van der Waals surface area contributed by atoms with E-state index in [4.69, 9.17) is 0 Å². The summed E-state index contributed by atoms with van der Waals surface area (Å²) in [5.41, 5.74) is 2.31. The molecule has 106 valence electrons. The van der Waals surface area contributed by atoms with E-state index in [-0.39, 0.29) is 12.5 Å². The van der Waals surface area contributed by atoms with Gasteiger partial charge in [-0.3, -0.25) is 4.79 Å². The lowest BCUT2D eigenvalue weighted by Crippen LogP contribution is -2.37. The van der Waals surface area contributed by atoms with E-state index in [9.17, 15) is 10.1 Å². The van der Waals surface area contributed by atoms with E-state index in [1.54, 1.807) is 4.90 Å². The molecule has 2 heterocycles. The monoisotopic (exact) mass is 272 g/mol. The SMILES string of the molecule is Cc1cc(C)c(C#N)c(N(C)CC(=O)N2CCCC2)n1. The molecular weight excluding hydrogens is 252 g/mol. The van der Waals surface area contributed by atoms with E-state index in [0.717, 1.165) is 37.2 Å². The molecule has 1 fully saturated rings. The molecule has 0 N–H and O–H groups in total. The van der Waals surface area contributed by atoms with Crippen molar-refractivity contribution in [2.45, 2.75) is 26.7 Å². The smallest absolute Gasteiger partial charge is 0.242 e. The van der Waals surface area contributed by atoms with Gasteiger partial charge in [0.05, 0.1) is 12.1 Å². The Balaban J connectivity index is 2.18. The summed E-state index contributed by atoms with van der Waals surface area (Å²) in [7, 11) is 1.82. The third kappa shape index (κ3) is 2.90. The number of carbonyl (C=O) groups excluding carboxylic acids is 1. The Labute approximate surface area is 119 Å². The van der Waals surface area contributed by atoms with Gasteiger partial charge in [0.25, 0.3) is 0 Å². The molecular formula is C15H20N4O. The topological polar surface area (TPSA) is 60.2 Å². The fraction of sp³-hybridized carbons (Fsp3) is 0.533. The van der Waals surface area contributed by atoms with Crippen molar-refractivity contribution in [1.29, 1.82) is 5.26 Å². The predicted molar refractivity (Wildman–Crippen MR) is 77.5 cm³/mol. The Morgan fingerprint density at radius 2 is 2.10 bits per heavy atom. The summed E-state index contributed by atoms with van der Waals surface area (Å²) in [6.45, 7) is 5.75. The first-order valence-corrected chi connectivity index (χ1v) is 6.90. The van der Waals surface area contributed by atoms with Gasteiger partial charge in [0, 0.05) is 25.8 Å². The molecule has 0 unspecified atom stereocenters. The van der Waals surface area contributed by atoms with Gasteiger partial charge >= 0.3 is 0 Å². The molecule has 1 aliphatic rings. The van der Waals surface area contributed by atoms with Crippen molar-refractivity contribution < 1.29 is 4.79 Å². The molecule has 1 aromatic heterocycles. The summed E-state index contributed by atoms with van der Waals surface area (Å²) >= 11 is 0. The quantitative estimate of drug-likeness (QED) is 0.839. The van der Waals surface area contributed by atoms with Gasteiger partial charge in [-0.1, -0.05) is 0 Å². The van der Waals surface area contributed by atoms with Crippen LogP contribution >= 0.6 is 0 Å². The highest BCUT2D eigenvalue weighted by atomic mass is 16.2. The molecule has 0 radical (unpaired) electrons. The average molecular weight is 272 g/mol. The molecule has 0 aromatic carbocycles. The van der Waals surface area contributed by atoms with Crippen molar-refractivity contribution >= 4 is 11.7 Å². The Hall–Kier alpha value is -2.09. The molecule has 20 heavy (non-hydrogen) atoms. The molecule has 0 saturated carbocycles. The van der Waals surface area contributed by atoms with Crippen molar-refractivity contribution in [1.82, 2.24) is 9.88 Å². The van der Waals surface area contributed by atoms with Gasteiger partial charge in [-0.15, -0.1) is 0 Å². The Kier molecular flexibility index (Phi) is 4.23. The maximum atomic E-state index is 12.2. The van der Waals surface area contributed by atoms with E-state index in [0.29, 0.717) is 11.4 Å². The molecule has 5 heteroatoms. The van der Waals surface area contributed by atoms with Crippen molar-refractivity contribution in [3.63, 3.8) is 0 Å². The molecule has 0 spiro atoms. The highest BCUT2D eigenvalue weighted by Crippen LogP contribution is 2.21. The highest BCUT2D eigenvalue weighted by molar-refractivity contribution is 5.81. The molecule has 2 rings (SSSR count). The number of likely N-dealkylation sites (tertiary alicyclic amines) is 1. The first-order valence-electron chi connectivity index (χ1n) is 6.90. The Morgan fingerprint density at radius 1 is 1.45 bits per heavy atom. The van der Waals surface area contributed by atoms with Gasteiger partial charge in [-0.25, -0.2) is 4.98 Å². The van der Waals surface area contributed by atoms with Crippen molar-refractivity contribution in [2.75, 3.05) is 31.6 Å². The second kappa shape index (κ2) is 5.91. The number of likely N-dealkylation sites (N-methyl/N-ethyl adjacent to an activating group) is 1. The maximum Gasteiger partial charge on any atom is 0.242 e. The summed E-state index contributed by atoms with van der Waals surface area (Å²) < 4.78 is 0. The molecule has 1 aromatic rings. The van der Waals surface area contributed by atoms with Gasteiger partial charge in [0.2, 0.25) is 5.91 Å². The fourth-order valence-corrected chi connectivity index (χ4v) is 2.58. The second-order valence-corrected chi connectivity index (χ2v) is 5.33. The standard InChI is InChI=1S/C15H20N4O/c1-11-8-12(2)17-15(13(11)9-16)18(3)10-14(20)19-6-4-5-7-19/h8H,4-7,10H2,1-3H3. The Morgan fingerprint density at radius 3 is 2.70 bits per heavy atom. The zero-order valence-electron chi connectivity index (χ0n) is 12.3. The van der Waals surface area contributed by atoms with Crippen molar-refractivity contribution in [2.24, 2.45) is 0 Å². The largest absolute Gasteiger partial charge is 0.349 e. The van der Waals surface area contributed by atoms with E-state index in [2.05, 4.69) is 11.1 Å². The van der Waals surface area contributed by atoms with Crippen LogP contribution in [0.4, 0.5) is 5.82 Å². The van der Waals surface area contributed by atoms with Gasteiger partial charge in [0.1, 0.15) is 11.9 Å². The van der Waals surface area contributed by atoms with Crippen LogP contribution in [0.3, 0.4) is 0 Å². The normalized spacial score (nSPS) is 14.2. The van der Waals surface area contributed by atoms with E-state index in [1.165, 1.54) is 0 Å². The van der Waals surface area contributed by atoms with Crippen LogP contribution in [0.15, 0.2) is 6.07 Å². The van der Waals surface area contributed by atoms with Crippen LogP contribution < -0.4 is 4.90 Å². The average Bonchev–Trinajstić information content (AvgIpc) is 2.91. The lowest BCUT2D eigenvalue weighted by molar-refractivity contribution is -0.128. The molecule has 5 nitrogen and oxygen atoms in total. The van der Waals surface area contributed by atoms with Crippen LogP contribution in [0.2, 0.25) is 0 Å². The fourth-order valence-electron chi connectivity index (χ4n) is 2.58. The number of anilines is 1. The summed E-state index contributed by atoms with van der Waals surface area (Å²) in [6, 6.07) is 4.07. The minimum atomic E-state index is 0.106. The number of hydrogen-bond acceptors (Lipinski definition) is 4. The van der Waals surface area contributed by atoms with Crippen LogP contribution in [0, 0.1) is 25.2 Å². The first-order chi connectivity index (χ1) is 9.52. The minimum Gasteiger partial charge on any atom is -0.349 e. The lowest BCUT2D eigenvalue weighted by Gasteiger charge is -2.23. The predicted octanol–water partition coefficient (Wildman–Crippen LogP) is 1.63. The number of aryl methyl sites for hydroxylation is 2. The number of nitrogens with zero attached hydrogens (tertiary/aromatic N) is 4. The number of hydrogen-bond donors (Lipinski definition) is 0. The lowest BCUT2D eigenvalue weighted by atomic mass is 10.1. The third-order valence-electron chi connectivity index (χ3n) is 3.63. The number of amides is 1. The van der Waals surface area contributed by atoms with Crippen LogP contribution in [-0.4, -0.2) is 42.5 Å². The summed E-state index contributed by atoms with van der Waals surface area (Å²) in [4.78, 5) is 20.2. The summed E-state index contributed by atoms with van der Waals surface area (Å²) in [5, 5.41) is 9.27. The van der Waals surface area contributed by atoms with E-state index < -0.39 is 0 Å². The highest BCUT2D eigenvalue weighted by Gasteiger charge is 2.21. The van der Waals surface area contributed by atoms with Gasteiger partial charge in [0.15, 0.2) is 0 Å².